The number of methoxy groups -OCH3 is 1. The van der Waals surface area contributed by atoms with Crippen LogP contribution in [-0.2, 0) is 14.4 Å². The van der Waals surface area contributed by atoms with Crippen LogP contribution in [0, 0.1) is 0 Å². The van der Waals surface area contributed by atoms with Crippen LogP contribution in [0.25, 0.3) is 6.08 Å². The summed E-state index contributed by atoms with van der Waals surface area (Å²) in [7, 11) is 1.41. The van der Waals surface area contributed by atoms with Gasteiger partial charge in [0.1, 0.15) is 6.54 Å². The number of ether oxygens (including phenoxy) is 2. The molecule has 0 atom stereocenters. The van der Waals surface area contributed by atoms with Gasteiger partial charge >= 0.3 is 5.97 Å². The molecule has 9 nitrogen and oxygen atoms in total. The van der Waals surface area contributed by atoms with Gasteiger partial charge in [-0.1, -0.05) is 12.1 Å². The molecule has 0 aliphatic carbocycles. The minimum Gasteiger partial charge on any atom is -0.493 e. The SMILES string of the molecule is COc1cccc(/C=C2/SC(=O)N(CC(=O)N3CCCC3)C2=O)c1OCC(=O)O. The van der Waals surface area contributed by atoms with Gasteiger partial charge in [0.25, 0.3) is 11.1 Å². The molecule has 0 bridgehead atoms. The van der Waals surface area contributed by atoms with Gasteiger partial charge in [-0.15, -0.1) is 0 Å². The van der Waals surface area contributed by atoms with Gasteiger partial charge in [-0.05, 0) is 36.7 Å². The lowest BCUT2D eigenvalue weighted by atomic mass is 10.1. The average Bonchev–Trinajstić information content (AvgIpc) is 3.31. The average molecular weight is 420 g/mol. The van der Waals surface area contributed by atoms with Crippen LogP contribution in [0.5, 0.6) is 11.5 Å². The van der Waals surface area contributed by atoms with Gasteiger partial charge in [-0.25, -0.2) is 4.79 Å². The van der Waals surface area contributed by atoms with Gasteiger partial charge in [0, 0.05) is 18.7 Å². The van der Waals surface area contributed by atoms with E-state index < -0.39 is 23.7 Å². The molecule has 2 fully saturated rings. The molecule has 10 heteroatoms. The first kappa shape index (κ1) is 20.7. The first-order chi connectivity index (χ1) is 13.9. The highest BCUT2D eigenvalue weighted by molar-refractivity contribution is 8.18. The van der Waals surface area contributed by atoms with Crippen molar-refractivity contribution >= 4 is 40.9 Å². The number of benzene rings is 1. The van der Waals surface area contributed by atoms with E-state index in [0.29, 0.717) is 24.4 Å². The lowest BCUT2D eigenvalue weighted by Crippen LogP contribution is -2.40. The predicted molar refractivity (Wildman–Crippen MR) is 105 cm³/mol. The summed E-state index contributed by atoms with van der Waals surface area (Å²) in [6.45, 7) is 0.396. The maximum absolute atomic E-state index is 12.7. The molecule has 2 aliphatic rings. The number of carbonyl (C=O) groups excluding carboxylic acids is 3. The lowest BCUT2D eigenvalue weighted by molar-refractivity contribution is -0.139. The number of likely N-dealkylation sites (tertiary alicyclic amines) is 1. The minimum atomic E-state index is -1.16. The van der Waals surface area contributed by atoms with Crippen molar-refractivity contribution in [1.29, 1.82) is 0 Å². The Morgan fingerprint density at radius 2 is 1.97 bits per heavy atom. The third-order valence-electron chi connectivity index (χ3n) is 4.48. The van der Waals surface area contributed by atoms with Crippen molar-refractivity contribution in [1.82, 2.24) is 9.80 Å². The summed E-state index contributed by atoms with van der Waals surface area (Å²) in [5.41, 5.74) is 0.391. The summed E-state index contributed by atoms with van der Waals surface area (Å²) in [6, 6.07) is 4.86. The quantitative estimate of drug-likeness (QED) is 0.665. The van der Waals surface area contributed by atoms with Crippen LogP contribution in [0.4, 0.5) is 4.79 Å². The zero-order valence-corrected chi connectivity index (χ0v) is 16.6. The molecule has 29 heavy (non-hydrogen) atoms. The number of amides is 3. The lowest BCUT2D eigenvalue weighted by Gasteiger charge is -2.18. The number of hydrogen-bond acceptors (Lipinski definition) is 7. The molecule has 3 rings (SSSR count). The minimum absolute atomic E-state index is 0.123. The molecular formula is C19H20N2O7S. The first-order valence-corrected chi connectivity index (χ1v) is 9.77. The van der Waals surface area contributed by atoms with E-state index in [1.165, 1.54) is 13.2 Å². The van der Waals surface area contributed by atoms with Crippen molar-refractivity contribution < 1.29 is 33.8 Å². The fourth-order valence-corrected chi connectivity index (χ4v) is 3.90. The molecule has 2 heterocycles. The Balaban J connectivity index is 1.81. The predicted octanol–water partition coefficient (Wildman–Crippen LogP) is 1.82. The number of carbonyl (C=O) groups is 4. The maximum Gasteiger partial charge on any atom is 0.341 e. The monoisotopic (exact) mass is 420 g/mol. The fraction of sp³-hybridized carbons (Fsp3) is 0.368. The third-order valence-corrected chi connectivity index (χ3v) is 5.39. The highest BCUT2D eigenvalue weighted by Gasteiger charge is 2.37. The van der Waals surface area contributed by atoms with Crippen molar-refractivity contribution in [2.24, 2.45) is 0 Å². The molecule has 0 unspecified atom stereocenters. The van der Waals surface area contributed by atoms with Gasteiger partial charge in [0.2, 0.25) is 5.91 Å². The number of thioether (sulfide) groups is 1. The molecule has 1 aromatic carbocycles. The van der Waals surface area contributed by atoms with E-state index in [1.54, 1.807) is 23.1 Å². The van der Waals surface area contributed by atoms with Crippen LogP contribution in [0.1, 0.15) is 18.4 Å². The van der Waals surface area contributed by atoms with Crippen molar-refractivity contribution in [3.8, 4) is 11.5 Å². The molecule has 154 valence electrons. The van der Waals surface area contributed by atoms with E-state index in [9.17, 15) is 19.2 Å². The van der Waals surface area contributed by atoms with Gasteiger partial charge in [0.15, 0.2) is 18.1 Å². The maximum atomic E-state index is 12.7. The second-order valence-corrected chi connectivity index (χ2v) is 7.41. The Labute approximate surface area is 171 Å². The van der Waals surface area contributed by atoms with Crippen molar-refractivity contribution in [2.75, 3.05) is 33.4 Å². The molecule has 0 spiro atoms. The molecular weight excluding hydrogens is 400 g/mol. The highest BCUT2D eigenvalue weighted by atomic mass is 32.2. The second-order valence-electron chi connectivity index (χ2n) is 6.42. The standard InChI is InChI=1S/C19H20N2O7S/c1-27-13-6-4-5-12(17(13)28-11-16(23)24)9-14-18(25)21(19(26)29-14)10-15(22)20-7-2-3-8-20/h4-6,9H,2-3,7-8,10-11H2,1H3,(H,23,24)/b14-9+. The highest BCUT2D eigenvalue weighted by Crippen LogP contribution is 2.37. The third kappa shape index (κ3) is 4.70. The number of imide groups is 1. The van der Waals surface area contributed by atoms with Gasteiger partial charge in [0.05, 0.1) is 12.0 Å². The molecule has 0 saturated carbocycles. The van der Waals surface area contributed by atoms with E-state index in [0.717, 1.165) is 29.5 Å². The van der Waals surface area contributed by atoms with Crippen LogP contribution in [0.3, 0.4) is 0 Å². The molecule has 0 aromatic heterocycles. The first-order valence-electron chi connectivity index (χ1n) is 8.95. The molecule has 1 aromatic rings. The Morgan fingerprint density at radius 1 is 1.24 bits per heavy atom. The zero-order chi connectivity index (χ0) is 21.0. The normalized spacial score (nSPS) is 17.9. The van der Waals surface area contributed by atoms with Crippen LogP contribution < -0.4 is 9.47 Å². The second kappa shape index (κ2) is 8.99. The van der Waals surface area contributed by atoms with E-state index >= 15 is 0 Å². The Bertz CT molecular complexity index is 877. The van der Waals surface area contributed by atoms with Crippen LogP contribution in [0.15, 0.2) is 23.1 Å². The summed E-state index contributed by atoms with van der Waals surface area (Å²) in [5, 5.41) is 8.35. The summed E-state index contributed by atoms with van der Waals surface area (Å²) in [5.74, 6) is -1.54. The number of aliphatic carboxylic acids is 1. The molecule has 2 saturated heterocycles. The summed E-state index contributed by atoms with van der Waals surface area (Å²) in [6.07, 6.45) is 3.27. The van der Waals surface area contributed by atoms with E-state index in [4.69, 9.17) is 14.6 Å². The molecule has 0 radical (unpaired) electrons. The number of nitrogens with zero attached hydrogens (tertiary/aromatic N) is 2. The van der Waals surface area contributed by atoms with E-state index in [-0.39, 0.29) is 23.1 Å². The Morgan fingerprint density at radius 3 is 2.62 bits per heavy atom. The van der Waals surface area contributed by atoms with Crippen molar-refractivity contribution in [2.45, 2.75) is 12.8 Å². The molecule has 3 amide bonds. The summed E-state index contributed by atoms with van der Waals surface area (Å²) in [4.78, 5) is 50.8. The summed E-state index contributed by atoms with van der Waals surface area (Å²) >= 11 is 0.723. The van der Waals surface area contributed by atoms with Gasteiger partial charge < -0.3 is 19.5 Å². The zero-order valence-electron chi connectivity index (χ0n) is 15.8. The number of carboxylic acids is 1. The molecule has 2 aliphatic heterocycles. The van der Waals surface area contributed by atoms with Crippen LogP contribution in [-0.4, -0.2) is 71.3 Å². The van der Waals surface area contributed by atoms with Crippen molar-refractivity contribution in [3.63, 3.8) is 0 Å². The fourth-order valence-electron chi connectivity index (χ4n) is 3.07. The topological polar surface area (TPSA) is 113 Å². The van der Waals surface area contributed by atoms with E-state index in [2.05, 4.69) is 0 Å². The number of rotatable bonds is 7. The van der Waals surface area contributed by atoms with Gasteiger partial charge in [-0.3, -0.25) is 19.3 Å². The Kier molecular flexibility index (Phi) is 6.42. The molecule has 1 N–H and O–H groups in total. The van der Waals surface area contributed by atoms with E-state index in [1.807, 2.05) is 0 Å². The number of para-hydroxylation sites is 1. The number of hydrogen-bond donors (Lipinski definition) is 1. The Hall–Kier alpha value is -3.01. The largest absolute Gasteiger partial charge is 0.493 e. The smallest absolute Gasteiger partial charge is 0.341 e. The van der Waals surface area contributed by atoms with Crippen molar-refractivity contribution in [3.05, 3.63) is 28.7 Å². The number of carboxylic acid groups (broad SMARTS) is 1. The van der Waals surface area contributed by atoms with Crippen LogP contribution >= 0.6 is 11.8 Å². The summed E-state index contributed by atoms with van der Waals surface area (Å²) < 4.78 is 10.5. The van der Waals surface area contributed by atoms with Crippen LogP contribution in [0.2, 0.25) is 0 Å². The van der Waals surface area contributed by atoms with Gasteiger partial charge in [-0.2, -0.15) is 0 Å².